The van der Waals surface area contributed by atoms with Crippen molar-refractivity contribution in [2.45, 2.75) is 18.4 Å². The van der Waals surface area contributed by atoms with Gasteiger partial charge in [-0.1, -0.05) is 66.7 Å². The number of fused-ring (bicyclic) bond motifs is 4. The molecule has 0 spiro atoms. The molecule has 3 aromatic carbocycles. The lowest BCUT2D eigenvalue weighted by Gasteiger charge is -2.21. The third-order valence-electron chi connectivity index (χ3n) is 6.32. The van der Waals surface area contributed by atoms with Crippen molar-refractivity contribution >= 4 is 33.4 Å². The van der Waals surface area contributed by atoms with Crippen LogP contribution >= 0.6 is 11.3 Å². The van der Waals surface area contributed by atoms with Crippen LogP contribution in [0.1, 0.15) is 22.6 Å². The van der Waals surface area contributed by atoms with E-state index in [1.54, 1.807) is 11.3 Å². The molecule has 166 valence electrons. The fraction of sp³-hybridized carbons (Fsp3) is 0.185. The van der Waals surface area contributed by atoms with Crippen molar-refractivity contribution in [2.75, 3.05) is 6.61 Å². The van der Waals surface area contributed by atoms with Crippen LogP contribution in [0.2, 0.25) is 0 Å². The first-order valence-electron chi connectivity index (χ1n) is 10.8. The lowest BCUT2D eigenvalue weighted by Crippen LogP contribution is -2.43. The molecule has 1 heterocycles. The number of thiophene rings is 1. The van der Waals surface area contributed by atoms with Crippen LogP contribution in [0.25, 0.3) is 21.2 Å². The van der Waals surface area contributed by atoms with Gasteiger partial charge in [-0.15, -0.1) is 11.3 Å². The standard InChI is InChI=1S/C27H23NO4S/c28-23(13-16-15-33-24-12-6-5-7-17(16)24)25(26(29)30)27(31)32-14-22-20-10-3-1-8-18(20)19-9-2-4-11-21(19)22/h1-12,15,22-23,25H,13-14,28H2,(H,29,30). The van der Waals surface area contributed by atoms with Gasteiger partial charge in [0.15, 0.2) is 5.92 Å². The van der Waals surface area contributed by atoms with Crippen LogP contribution < -0.4 is 5.73 Å². The molecule has 0 saturated heterocycles. The van der Waals surface area contributed by atoms with Crippen LogP contribution in [-0.4, -0.2) is 29.7 Å². The topological polar surface area (TPSA) is 89.6 Å². The third-order valence-corrected chi connectivity index (χ3v) is 7.33. The van der Waals surface area contributed by atoms with Crippen LogP contribution in [0.4, 0.5) is 0 Å². The van der Waals surface area contributed by atoms with Gasteiger partial charge in [0, 0.05) is 16.7 Å². The largest absolute Gasteiger partial charge is 0.481 e. The Bertz CT molecular complexity index is 1300. The van der Waals surface area contributed by atoms with Crippen LogP contribution in [0, 0.1) is 5.92 Å². The zero-order valence-electron chi connectivity index (χ0n) is 17.8. The second-order valence-corrected chi connectivity index (χ2v) is 9.21. The van der Waals surface area contributed by atoms with E-state index in [2.05, 4.69) is 12.1 Å². The lowest BCUT2D eigenvalue weighted by molar-refractivity contribution is -0.159. The van der Waals surface area contributed by atoms with Crippen molar-refractivity contribution in [3.63, 3.8) is 0 Å². The van der Waals surface area contributed by atoms with E-state index < -0.39 is 23.9 Å². The lowest BCUT2D eigenvalue weighted by atomic mass is 9.93. The van der Waals surface area contributed by atoms with Crippen molar-refractivity contribution < 1.29 is 19.4 Å². The number of carbonyl (C=O) groups is 2. The van der Waals surface area contributed by atoms with Crippen molar-refractivity contribution in [2.24, 2.45) is 11.7 Å². The van der Waals surface area contributed by atoms with Crippen molar-refractivity contribution in [1.29, 1.82) is 0 Å². The molecule has 5 nitrogen and oxygen atoms in total. The van der Waals surface area contributed by atoms with Crippen LogP contribution in [0.15, 0.2) is 78.2 Å². The molecule has 3 N–H and O–H groups in total. The van der Waals surface area contributed by atoms with E-state index in [1.807, 2.05) is 66.0 Å². The van der Waals surface area contributed by atoms with Gasteiger partial charge in [-0.25, -0.2) is 0 Å². The number of rotatable bonds is 7. The number of carbonyl (C=O) groups excluding carboxylic acids is 1. The fourth-order valence-corrected chi connectivity index (χ4v) is 5.69. The summed E-state index contributed by atoms with van der Waals surface area (Å²) in [5, 5.41) is 12.8. The molecule has 5 rings (SSSR count). The molecule has 4 aromatic rings. The van der Waals surface area contributed by atoms with Gasteiger partial charge in [-0.05, 0) is 51.1 Å². The number of hydrogen-bond donors (Lipinski definition) is 2. The number of ether oxygens (including phenoxy) is 1. The molecule has 2 unspecified atom stereocenters. The third kappa shape index (κ3) is 3.92. The number of nitrogens with two attached hydrogens (primary N) is 1. The Morgan fingerprint density at radius 2 is 1.55 bits per heavy atom. The highest BCUT2D eigenvalue weighted by atomic mass is 32.1. The Balaban J connectivity index is 1.33. The maximum absolute atomic E-state index is 12.9. The molecule has 0 saturated carbocycles. The number of carboxylic acids is 1. The van der Waals surface area contributed by atoms with Crippen LogP contribution in [0.5, 0.6) is 0 Å². The first kappa shape index (κ1) is 21.4. The van der Waals surface area contributed by atoms with Gasteiger partial charge in [-0.3, -0.25) is 9.59 Å². The Hall–Kier alpha value is -3.48. The van der Waals surface area contributed by atoms with Crippen LogP contribution in [-0.2, 0) is 20.7 Å². The van der Waals surface area contributed by atoms with Gasteiger partial charge in [0.25, 0.3) is 0 Å². The van der Waals surface area contributed by atoms with Gasteiger partial charge in [0.2, 0.25) is 0 Å². The predicted molar refractivity (Wildman–Crippen MR) is 129 cm³/mol. The van der Waals surface area contributed by atoms with E-state index in [1.165, 1.54) is 0 Å². The highest BCUT2D eigenvalue weighted by Gasteiger charge is 2.36. The van der Waals surface area contributed by atoms with Gasteiger partial charge < -0.3 is 15.6 Å². The summed E-state index contributed by atoms with van der Waals surface area (Å²) in [4.78, 5) is 24.9. The zero-order chi connectivity index (χ0) is 22.9. The first-order chi connectivity index (χ1) is 16.0. The normalized spacial score (nSPS) is 14.5. The fourth-order valence-electron chi connectivity index (χ4n) is 4.72. The minimum Gasteiger partial charge on any atom is -0.481 e. The van der Waals surface area contributed by atoms with Gasteiger partial charge in [0.1, 0.15) is 6.61 Å². The molecule has 6 heteroatoms. The summed E-state index contributed by atoms with van der Waals surface area (Å²) in [6, 6.07) is 23.0. The van der Waals surface area contributed by atoms with Crippen molar-refractivity contribution in [1.82, 2.24) is 0 Å². The molecule has 0 aliphatic heterocycles. The van der Waals surface area contributed by atoms with Gasteiger partial charge >= 0.3 is 11.9 Å². The smallest absolute Gasteiger partial charge is 0.321 e. The maximum atomic E-state index is 12.9. The molecular weight excluding hydrogens is 434 g/mol. The molecule has 0 bridgehead atoms. The molecule has 0 amide bonds. The summed E-state index contributed by atoms with van der Waals surface area (Å²) in [7, 11) is 0. The van der Waals surface area contributed by atoms with Gasteiger partial charge in [-0.2, -0.15) is 0 Å². The monoisotopic (exact) mass is 457 g/mol. The first-order valence-corrected chi connectivity index (χ1v) is 11.7. The number of esters is 1. The summed E-state index contributed by atoms with van der Waals surface area (Å²) >= 11 is 1.58. The quantitative estimate of drug-likeness (QED) is 0.307. The average molecular weight is 458 g/mol. The molecule has 0 radical (unpaired) electrons. The summed E-state index contributed by atoms with van der Waals surface area (Å²) in [6.07, 6.45) is 0.283. The summed E-state index contributed by atoms with van der Waals surface area (Å²) in [5.41, 5.74) is 11.6. The minimum atomic E-state index is -1.43. The molecule has 1 aromatic heterocycles. The molecule has 1 aliphatic rings. The summed E-state index contributed by atoms with van der Waals surface area (Å²) in [5.74, 6) is -3.63. The zero-order valence-corrected chi connectivity index (χ0v) is 18.6. The number of aliphatic carboxylic acids is 1. The second kappa shape index (κ2) is 8.81. The number of carboxylic acid groups (broad SMARTS) is 1. The molecule has 33 heavy (non-hydrogen) atoms. The Kier molecular flexibility index (Phi) is 5.70. The number of hydrogen-bond acceptors (Lipinski definition) is 5. The summed E-state index contributed by atoms with van der Waals surface area (Å²) < 4.78 is 6.70. The predicted octanol–water partition coefficient (Wildman–Crippen LogP) is 4.83. The van der Waals surface area contributed by atoms with E-state index >= 15 is 0 Å². The van der Waals surface area contributed by atoms with Crippen LogP contribution in [0.3, 0.4) is 0 Å². The highest BCUT2D eigenvalue weighted by molar-refractivity contribution is 7.17. The van der Waals surface area contributed by atoms with E-state index in [9.17, 15) is 14.7 Å². The molecule has 0 fully saturated rings. The maximum Gasteiger partial charge on any atom is 0.321 e. The molecular formula is C27H23NO4S. The van der Waals surface area contributed by atoms with Crippen molar-refractivity contribution in [3.8, 4) is 11.1 Å². The summed E-state index contributed by atoms with van der Waals surface area (Å²) in [6.45, 7) is 0.0741. The Morgan fingerprint density at radius 3 is 2.21 bits per heavy atom. The minimum absolute atomic E-state index is 0.0741. The highest BCUT2D eigenvalue weighted by Crippen LogP contribution is 2.44. The number of benzene rings is 3. The molecule has 1 aliphatic carbocycles. The van der Waals surface area contributed by atoms with E-state index in [4.69, 9.17) is 10.5 Å². The van der Waals surface area contributed by atoms with E-state index in [0.717, 1.165) is 37.9 Å². The molecule has 2 atom stereocenters. The Morgan fingerprint density at radius 1 is 0.939 bits per heavy atom. The van der Waals surface area contributed by atoms with Gasteiger partial charge in [0.05, 0.1) is 0 Å². The van der Waals surface area contributed by atoms with E-state index in [-0.39, 0.29) is 18.9 Å². The average Bonchev–Trinajstić information content (AvgIpc) is 3.37. The van der Waals surface area contributed by atoms with E-state index in [0.29, 0.717) is 0 Å². The Labute approximate surface area is 195 Å². The van der Waals surface area contributed by atoms with Crippen molar-refractivity contribution in [3.05, 3.63) is 94.9 Å². The second-order valence-electron chi connectivity index (χ2n) is 8.30. The SMILES string of the molecule is NC(Cc1csc2ccccc12)C(C(=O)O)C(=O)OCC1c2ccccc2-c2ccccc21.